The Balaban J connectivity index is 2.30. The number of rotatable bonds is 6. The molecule has 21 heavy (non-hydrogen) atoms. The number of aryl methyl sites for hydroxylation is 1. The summed E-state index contributed by atoms with van der Waals surface area (Å²) in [6.45, 7) is 5.13. The molecule has 0 aliphatic rings. The largest absolute Gasteiger partial charge is 0.310 e. The van der Waals surface area contributed by atoms with E-state index in [-0.39, 0.29) is 11.9 Å². The summed E-state index contributed by atoms with van der Waals surface area (Å²) in [4.78, 5) is 0. The minimum absolute atomic E-state index is 0.189. The van der Waals surface area contributed by atoms with Gasteiger partial charge in [-0.3, -0.25) is 0 Å². The van der Waals surface area contributed by atoms with E-state index >= 15 is 0 Å². The minimum atomic E-state index is -0.294. The number of nitrogens with one attached hydrogen (secondary N) is 1. The third-order valence-corrected chi connectivity index (χ3v) is 4.05. The van der Waals surface area contributed by atoms with E-state index in [1.165, 1.54) is 23.3 Å². The van der Waals surface area contributed by atoms with E-state index < -0.39 is 0 Å². The van der Waals surface area contributed by atoms with E-state index in [0.717, 1.165) is 24.9 Å². The van der Waals surface area contributed by atoms with Crippen molar-refractivity contribution in [2.24, 2.45) is 0 Å². The number of likely N-dealkylation sites (N-methyl/N-ethyl adjacent to an activating group) is 1. The van der Waals surface area contributed by atoms with Crippen molar-refractivity contribution in [1.82, 2.24) is 5.32 Å². The molecule has 1 nitrogen and oxygen atoms in total. The van der Waals surface area contributed by atoms with E-state index in [2.05, 4.69) is 43.4 Å². The summed E-state index contributed by atoms with van der Waals surface area (Å²) < 4.78 is 13.2. The van der Waals surface area contributed by atoms with Crippen LogP contribution in [0.5, 0.6) is 0 Å². The van der Waals surface area contributed by atoms with E-state index in [0.29, 0.717) is 5.02 Å². The predicted octanol–water partition coefficient (Wildman–Crippen LogP) is 4.93. The maximum absolute atomic E-state index is 13.2. The topological polar surface area (TPSA) is 12.0 Å². The number of benzene rings is 2. The molecule has 0 aliphatic carbocycles. The molecule has 0 amide bonds. The van der Waals surface area contributed by atoms with Crippen LogP contribution >= 0.6 is 11.6 Å². The quantitative estimate of drug-likeness (QED) is 0.797. The molecule has 0 spiro atoms. The van der Waals surface area contributed by atoms with Gasteiger partial charge in [0.05, 0.1) is 0 Å². The fraction of sp³-hybridized carbons (Fsp3) is 0.333. The third-order valence-electron chi connectivity index (χ3n) is 3.70. The number of hydrogen-bond acceptors (Lipinski definition) is 1. The first kappa shape index (κ1) is 16.0. The van der Waals surface area contributed by atoms with E-state index in [1.54, 1.807) is 6.07 Å². The van der Waals surface area contributed by atoms with Crippen molar-refractivity contribution in [2.75, 3.05) is 6.54 Å². The summed E-state index contributed by atoms with van der Waals surface area (Å²) >= 11 is 6.17. The lowest BCUT2D eigenvalue weighted by molar-refractivity contribution is 0.545. The van der Waals surface area contributed by atoms with Crippen LogP contribution in [0.25, 0.3) is 0 Å². The van der Waals surface area contributed by atoms with Crippen LogP contribution < -0.4 is 5.32 Å². The lowest BCUT2D eigenvalue weighted by atomic mass is 9.93. The summed E-state index contributed by atoms with van der Waals surface area (Å²) in [5, 5.41) is 4.00. The van der Waals surface area contributed by atoms with Crippen LogP contribution in [0.1, 0.15) is 36.6 Å². The normalized spacial score (nSPS) is 12.4. The summed E-state index contributed by atoms with van der Waals surface area (Å²) in [6.07, 6.45) is 1.75. The molecule has 1 unspecified atom stereocenters. The average molecular weight is 306 g/mol. The molecule has 112 valence electrons. The van der Waals surface area contributed by atoms with Gasteiger partial charge in [0.15, 0.2) is 0 Å². The Bertz CT molecular complexity index is 598. The number of hydrogen-bond donors (Lipinski definition) is 1. The Morgan fingerprint density at radius 1 is 1.10 bits per heavy atom. The SMILES string of the molecule is CCNC(Cc1ccc(F)cc1Cl)c1ccccc1CC. The van der Waals surface area contributed by atoms with Crippen LogP contribution in [0, 0.1) is 5.82 Å². The van der Waals surface area contributed by atoms with E-state index in [1.807, 2.05) is 0 Å². The molecule has 0 radical (unpaired) electrons. The van der Waals surface area contributed by atoms with Gasteiger partial charge in [0.2, 0.25) is 0 Å². The lowest BCUT2D eigenvalue weighted by Gasteiger charge is -2.22. The maximum atomic E-state index is 13.2. The van der Waals surface area contributed by atoms with Gasteiger partial charge in [-0.1, -0.05) is 55.8 Å². The summed E-state index contributed by atoms with van der Waals surface area (Å²) in [7, 11) is 0. The van der Waals surface area contributed by atoms with Gasteiger partial charge in [0.1, 0.15) is 5.82 Å². The van der Waals surface area contributed by atoms with E-state index in [9.17, 15) is 4.39 Å². The second kappa shape index (κ2) is 7.58. The summed E-state index contributed by atoms with van der Waals surface area (Å²) in [5.74, 6) is -0.294. The molecule has 0 saturated carbocycles. The minimum Gasteiger partial charge on any atom is -0.310 e. The third kappa shape index (κ3) is 4.05. The summed E-state index contributed by atoms with van der Waals surface area (Å²) in [6, 6.07) is 13.3. The zero-order valence-electron chi connectivity index (χ0n) is 12.5. The van der Waals surface area contributed by atoms with Crippen LogP contribution in [0.3, 0.4) is 0 Å². The fourth-order valence-electron chi connectivity index (χ4n) is 2.64. The molecule has 0 heterocycles. The zero-order chi connectivity index (χ0) is 15.2. The van der Waals surface area contributed by atoms with Crippen LogP contribution in [-0.4, -0.2) is 6.54 Å². The van der Waals surface area contributed by atoms with Crippen molar-refractivity contribution in [3.63, 3.8) is 0 Å². The molecule has 2 aromatic rings. The highest BCUT2D eigenvalue weighted by molar-refractivity contribution is 6.31. The standard InChI is InChI=1S/C18H21ClFN/c1-3-13-7-5-6-8-16(13)18(21-4-2)11-14-9-10-15(20)12-17(14)19/h5-10,12,18,21H,3-4,11H2,1-2H3. The molecular formula is C18H21ClFN. The second-order valence-electron chi connectivity index (χ2n) is 5.10. The van der Waals surface area contributed by atoms with Gasteiger partial charge in [0, 0.05) is 11.1 Å². The maximum Gasteiger partial charge on any atom is 0.124 e. The van der Waals surface area contributed by atoms with Gasteiger partial charge in [-0.25, -0.2) is 4.39 Å². The molecule has 1 atom stereocenters. The van der Waals surface area contributed by atoms with Gasteiger partial charge in [-0.15, -0.1) is 0 Å². The Morgan fingerprint density at radius 3 is 2.52 bits per heavy atom. The average Bonchev–Trinajstić information content (AvgIpc) is 2.49. The van der Waals surface area contributed by atoms with Crippen LogP contribution in [0.15, 0.2) is 42.5 Å². The molecular weight excluding hydrogens is 285 g/mol. The predicted molar refractivity (Wildman–Crippen MR) is 87.4 cm³/mol. The zero-order valence-corrected chi connectivity index (χ0v) is 13.3. The second-order valence-corrected chi connectivity index (χ2v) is 5.51. The Labute approximate surface area is 131 Å². The molecule has 0 fully saturated rings. The lowest BCUT2D eigenvalue weighted by Crippen LogP contribution is -2.24. The number of halogens is 2. The van der Waals surface area contributed by atoms with Gasteiger partial charge in [0.25, 0.3) is 0 Å². The van der Waals surface area contributed by atoms with Gasteiger partial charge in [-0.2, -0.15) is 0 Å². The van der Waals surface area contributed by atoms with Crippen LogP contribution in [-0.2, 0) is 12.8 Å². The molecule has 3 heteroatoms. The van der Waals surface area contributed by atoms with Gasteiger partial charge >= 0.3 is 0 Å². The van der Waals surface area contributed by atoms with Crippen LogP contribution in [0.2, 0.25) is 5.02 Å². The molecule has 0 saturated heterocycles. The highest BCUT2D eigenvalue weighted by Crippen LogP contribution is 2.26. The fourth-order valence-corrected chi connectivity index (χ4v) is 2.89. The van der Waals surface area contributed by atoms with Crippen molar-refractivity contribution in [3.05, 3.63) is 70.0 Å². The molecule has 0 aliphatic heterocycles. The smallest absolute Gasteiger partial charge is 0.124 e. The van der Waals surface area contributed by atoms with Crippen molar-refractivity contribution < 1.29 is 4.39 Å². The van der Waals surface area contributed by atoms with Crippen molar-refractivity contribution in [2.45, 2.75) is 32.7 Å². The summed E-state index contributed by atoms with van der Waals surface area (Å²) in [5.41, 5.74) is 3.60. The molecule has 0 bridgehead atoms. The molecule has 2 rings (SSSR count). The van der Waals surface area contributed by atoms with Gasteiger partial charge in [-0.05, 0) is 48.2 Å². The highest BCUT2D eigenvalue weighted by atomic mass is 35.5. The van der Waals surface area contributed by atoms with Crippen LogP contribution in [0.4, 0.5) is 4.39 Å². The molecule has 2 aromatic carbocycles. The first-order valence-corrected chi connectivity index (χ1v) is 7.78. The van der Waals surface area contributed by atoms with Crippen molar-refractivity contribution in [1.29, 1.82) is 0 Å². The first-order chi connectivity index (χ1) is 10.2. The first-order valence-electron chi connectivity index (χ1n) is 7.40. The van der Waals surface area contributed by atoms with Crippen molar-refractivity contribution in [3.8, 4) is 0 Å². The Hall–Kier alpha value is -1.38. The monoisotopic (exact) mass is 305 g/mol. The Kier molecular flexibility index (Phi) is 5.77. The van der Waals surface area contributed by atoms with E-state index in [4.69, 9.17) is 11.6 Å². The van der Waals surface area contributed by atoms with Crippen molar-refractivity contribution >= 4 is 11.6 Å². The highest BCUT2D eigenvalue weighted by Gasteiger charge is 2.15. The Morgan fingerprint density at radius 2 is 1.86 bits per heavy atom. The van der Waals surface area contributed by atoms with Gasteiger partial charge < -0.3 is 5.32 Å². The molecule has 0 aromatic heterocycles. The molecule has 1 N–H and O–H groups in total.